The number of carboxylic acid groups (broad SMARTS) is 1. The molecule has 0 aliphatic carbocycles. The van der Waals surface area contributed by atoms with Crippen LogP contribution < -0.4 is 10.1 Å². The molecule has 8 heteroatoms. The number of carbonyl (C=O) groups is 2. The van der Waals surface area contributed by atoms with Gasteiger partial charge < -0.3 is 20.1 Å². The molecule has 2 rings (SSSR count). The van der Waals surface area contributed by atoms with Gasteiger partial charge in [-0.05, 0) is 12.1 Å². The molecule has 0 unspecified atom stereocenters. The second-order valence-corrected chi connectivity index (χ2v) is 4.68. The number of carbonyl (C=O) groups excluding carboxylic acids is 1. The highest BCUT2D eigenvalue weighted by atomic mass is 79.9. The molecule has 20 heavy (non-hydrogen) atoms. The zero-order chi connectivity index (χ0) is 14.7. The minimum absolute atomic E-state index is 0.184. The molecular formula is C12H10BrN3O4. The van der Waals surface area contributed by atoms with E-state index in [0.717, 1.165) is 6.33 Å². The Labute approximate surface area is 122 Å². The lowest BCUT2D eigenvalue weighted by molar-refractivity contribution is 0.0686. The first-order valence-electron chi connectivity index (χ1n) is 5.44. The van der Waals surface area contributed by atoms with Crippen molar-refractivity contribution in [1.29, 1.82) is 0 Å². The van der Waals surface area contributed by atoms with Crippen molar-refractivity contribution in [2.24, 2.45) is 0 Å². The first-order chi connectivity index (χ1) is 9.51. The number of nitrogens with zero attached hydrogens (tertiary/aromatic N) is 1. The highest BCUT2D eigenvalue weighted by Crippen LogP contribution is 2.24. The molecule has 2 aromatic rings. The van der Waals surface area contributed by atoms with E-state index in [1.807, 2.05) is 0 Å². The predicted octanol–water partition coefficient (Wildman–Crippen LogP) is 2.13. The van der Waals surface area contributed by atoms with Crippen LogP contribution in [0.1, 0.15) is 21.0 Å². The highest BCUT2D eigenvalue weighted by molar-refractivity contribution is 9.10. The molecule has 1 heterocycles. The summed E-state index contributed by atoms with van der Waals surface area (Å²) in [6, 6.07) is 5.00. The molecule has 1 aromatic carbocycles. The fourth-order valence-corrected chi connectivity index (χ4v) is 2.04. The van der Waals surface area contributed by atoms with Gasteiger partial charge in [-0.2, -0.15) is 0 Å². The number of aromatic amines is 1. The first kappa shape index (κ1) is 14.1. The Kier molecular flexibility index (Phi) is 4.04. The van der Waals surface area contributed by atoms with Crippen LogP contribution in [0.2, 0.25) is 0 Å². The van der Waals surface area contributed by atoms with E-state index < -0.39 is 11.9 Å². The van der Waals surface area contributed by atoms with Gasteiger partial charge in [0.25, 0.3) is 5.91 Å². The van der Waals surface area contributed by atoms with Gasteiger partial charge in [0.05, 0.1) is 13.4 Å². The second-order valence-electron chi connectivity index (χ2n) is 3.77. The van der Waals surface area contributed by atoms with Crippen LogP contribution in [-0.2, 0) is 0 Å². The molecule has 0 bridgehead atoms. The van der Waals surface area contributed by atoms with Crippen molar-refractivity contribution in [2.75, 3.05) is 12.4 Å². The second kappa shape index (κ2) is 5.74. The van der Waals surface area contributed by atoms with Crippen molar-refractivity contribution in [3.05, 3.63) is 40.4 Å². The van der Waals surface area contributed by atoms with E-state index >= 15 is 0 Å². The van der Waals surface area contributed by atoms with Crippen molar-refractivity contribution in [3.63, 3.8) is 0 Å². The van der Waals surface area contributed by atoms with E-state index in [-0.39, 0.29) is 11.4 Å². The Bertz CT molecular complexity index is 668. The summed E-state index contributed by atoms with van der Waals surface area (Å²) < 4.78 is 5.79. The van der Waals surface area contributed by atoms with Crippen LogP contribution in [0, 0.1) is 0 Å². The fourth-order valence-electron chi connectivity index (χ4n) is 1.57. The van der Waals surface area contributed by atoms with E-state index in [1.165, 1.54) is 7.11 Å². The molecular weight excluding hydrogens is 330 g/mol. The predicted molar refractivity (Wildman–Crippen MR) is 74.2 cm³/mol. The lowest BCUT2D eigenvalue weighted by Gasteiger charge is -2.07. The molecule has 3 N–H and O–H groups in total. The number of nitrogens with one attached hydrogen (secondary N) is 2. The van der Waals surface area contributed by atoms with Gasteiger partial charge in [0.1, 0.15) is 5.75 Å². The van der Waals surface area contributed by atoms with E-state index in [0.29, 0.717) is 15.9 Å². The third-order valence-corrected chi connectivity index (χ3v) is 2.89. The van der Waals surface area contributed by atoms with Crippen LogP contribution in [0.25, 0.3) is 0 Å². The van der Waals surface area contributed by atoms with Gasteiger partial charge in [0.2, 0.25) is 0 Å². The number of carboxylic acids is 1. The minimum Gasteiger partial charge on any atom is -0.497 e. The third-order valence-electron chi connectivity index (χ3n) is 2.43. The number of halogens is 1. The van der Waals surface area contributed by atoms with Crippen LogP contribution in [0.4, 0.5) is 5.69 Å². The number of methoxy groups -OCH3 is 1. The lowest BCUT2D eigenvalue weighted by Crippen LogP contribution is -2.16. The van der Waals surface area contributed by atoms with Crippen molar-refractivity contribution in [2.45, 2.75) is 0 Å². The Morgan fingerprint density at radius 3 is 2.80 bits per heavy atom. The summed E-state index contributed by atoms with van der Waals surface area (Å²) in [6.07, 6.45) is 1.15. The number of aromatic carboxylic acids is 1. The molecule has 0 aliphatic heterocycles. The molecule has 104 valence electrons. The van der Waals surface area contributed by atoms with Crippen molar-refractivity contribution in [1.82, 2.24) is 9.97 Å². The minimum atomic E-state index is -1.25. The van der Waals surface area contributed by atoms with Crippen LogP contribution in [-0.4, -0.2) is 34.1 Å². The number of aromatic nitrogens is 2. The number of hydrogen-bond acceptors (Lipinski definition) is 4. The maximum Gasteiger partial charge on any atom is 0.354 e. The number of H-pyrrole nitrogens is 1. The number of benzene rings is 1. The van der Waals surface area contributed by atoms with E-state index in [2.05, 4.69) is 31.2 Å². The molecule has 0 spiro atoms. The monoisotopic (exact) mass is 339 g/mol. The summed E-state index contributed by atoms with van der Waals surface area (Å²) in [5, 5.41) is 11.5. The molecule has 0 saturated heterocycles. The lowest BCUT2D eigenvalue weighted by atomic mass is 10.2. The number of imidazole rings is 1. The molecule has 1 aromatic heterocycles. The van der Waals surface area contributed by atoms with Crippen LogP contribution in [0.15, 0.2) is 29.0 Å². The van der Waals surface area contributed by atoms with Gasteiger partial charge in [-0.1, -0.05) is 15.9 Å². The maximum atomic E-state index is 12.0. The largest absolute Gasteiger partial charge is 0.497 e. The Morgan fingerprint density at radius 1 is 1.40 bits per heavy atom. The number of hydrogen-bond donors (Lipinski definition) is 3. The number of amides is 1. The number of anilines is 1. The highest BCUT2D eigenvalue weighted by Gasteiger charge is 2.19. The third kappa shape index (κ3) is 2.97. The van der Waals surface area contributed by atoms with E-state index in [1.54, 1.807) is 18.2 Å². The molecule has 0 atom stereocenters. The molecule has 0 radical (unpaired) electrons. The van der Waals surface area contributed by atoms with Crippen molar-refractivity contribution >= 4 is 33.5 Å². The first-order valence-corrected chi connectivity index (χ1v) is 6.23. The van der Waals surface area contributed by atoms with Gasteiger partial charge >= 0.3 is 5.97 Å². The Hall–Kier alpha value is -2.35. The summed E-state index contributed by atoms with van der Waals surface area (Å²) in [7, 11) is 1.50. The summed E-state index contributed by atoms with van der Waals surface area (Å²) >= 11 is 3.28. The normalized spacial score (nSPS) is 10.1. The average molecular weight is 340 g/mol. The van der Waals surface area contributed by atoms with Crippen LogP contribution in [0.3, 0.4) is 0 Å². The summed E-state index contributed by atoms with van der Waals surface area (Å²) in [5.41, 5.74) is 0.0152. The SMILES string of the molecule is COc1cc(Br)cc(NC(=O)c2nc[nH]c2C(=O)O)c1. The zero-order valence-corrected chi connectivity index (χ0v) is 11.9. The molecule has 0 fully saturated rings. The topological polar surface area (TPSA) is 104 Å². The molecule has 0 aliphatic rings. The van der Waals surface area contributed by atoms with Gasteiger partial charge in [-0.25, -0.2) is 9.78 Å². The average Bonchev–Trinajstić information content (AvgIpc) is 2.87. The van der Waals surface area contributed by atoms with Crippen molar-refractivity contribution in [3.8, 4) is 5.75 Å². The van der Waals surface area contributed by atoms with Gasteiger partial charge in [0.15, 0.2) is 11.4 Å². The quantitative estimate of drug-likeness (QED) is 0.791. The summed E-state index contributed by atoms with van der Waals surface area (Å²) in [4.78, 5) is 29.0. The smallest absolute Gasteiger partial charge is 0.354 e. The maximum absolute atomic E-state index is 12.0. The standard InChI is InChI=1S/C12H10BrN3O4/c1-20-8-3-6(13)2-7(4-8)16-11(17)9-10(12(18)19)15-5-14-9/h2-5H,1H3,(H,14,15)(H,16,17)(H,18,19). The number of rotatable bonds is 4. The van der Waals surface area contributed by atoms with Crippen molar-refractivity contribution < 1.29 is 19.4 Å². The van der Waals surface area contributed by atoms with Gasteiger partial charge in [-0.15, -0.1) is 0 Å². The van der Waals surface area contributed by atoms with Gasteiger partial charge in [0, 0.05) is 16.2 Å². The van der Waals surface area contributed by atoms with E-state index in [9.17, 15) is 9.59 Å². The Balaban J connectivity index is 2.25. The molecule has 7 nitrogen and oxygen atoms in total. The summed E-state index contributed by atoms with van der Waals surface area (Å²) in [5.74, 6) is -1.32. The zero-order valence-electron chi connectivity index (χ0n) is 10.3. The molecule has 0 saturated carbocycles. The van der Waals surface area contributed by atoms with Gasteiger partial charge in [-0.3, -0.25) is 4.79 Å². The van der Waals surface area contributed by atoms with Crippen LogP contribution >= 0.6 is 15.9 Å². The summed E-state index contributed by atoms with van der Waals surface area (Å²) in [6.45, 7) is 0. The van der Waals surface area contributed by atoms with Crippen LogP contribution in [0.5, 0.6) is 5.75 Å². The van der Waals surface area contributed by atoms with E-state index in [4.69, 9.17) is 9.84 Å². The fraction of sp³-hybridized carbons (Fsp3) is 0.0833. The molecule has 1 amide bonds. The Morgan fingerprint density at radius 2 is 2.15 bits per heavy atom. The number of ether oxygens (including phenoxy) is 1.